The minimum atomic E-state index is 0.483. The van der Waals surface area contributed by atoms with Gasteiger partial charge in [-0.05, 0) is 44.9 Å². The zero-order valence-corrected chi connectivity index (χ0v) is 9.83. The van der Waals surface area contributed by atoms with Crippen LogP contribution in [0.4, 0.5) is 0 Å². The molecule has 0 amide bonds. The van der Waals surface area contributed by atoms with Gasteiger partial charge in [-0.1, -0.05) is 6.07 Å². The molecule has 1 N–H and O–H groups in total. The van der Waals surface area contributed by atoms with Crippen molar-refractivity contribution in [1.29, 1.82) is 0 Å². The van der Waals surface area contributed by atoms with Crippen LogP contribution in [0.2, 0.25) is 0 Å². The van der Waals surface area contributed by atoms with Gasteiger partial charge in [-0.25, -0.2) is 4.98 Å². The maximum Gasteiger partial charge on any atom is 0.137 e. The van der Waals surface area contributed by atoms with Crippen LogP contribution >= 0.6 is 0 Å². The van der Waals surface area contributed by atoms with E-state index < -0.39 is 0 Å². The number of fused-ring (bicyclic) bond motifs is 1. The molecule has 3 rings (SSSR count). The molecule has 0 saturated carbocycles. The van der Waals surface area contributed by atoms with E-state index in [0.29, 0.717) is 6.04 Å². The van der Waals surface area contributed by atoms with Gasteiger partial charge in [0.15, 0.2) is 0 Å². The van der Waals surface area contributed by atoms with Gasteiger partial charge >= 0.3 is 0 Å². The molecule has 0 bridgehead atoms. The van der Waals surface area contributed by atoms with Gasteiger partial charge in [0.2, 0.25) is 0 Å². The van der Waals surface area contributed by atoms with Crippen molar-refractivity contribution in [2.75, 3.05) is 6.54 Å². The van der Waals surface area contributed by atoms with Gasteiger partial charge in [-0.3, -0.25) is 0 Å². The average molecular weight is 215 g/mol. The van der Waals surface area contributed by atoms with E-state index in [-0.39, 0.29) is 0 Å². The predicted molar refractivity (Wildman–Crippen MR) is 64.6 cm³/mol. The smallest absolute Gasteiger partial charge is 0.137 e. The van der Waals surface area contributed by atoms with Crippen LogP contribution in [0.15, 0.2) is 18.3 Å². The highest BCUT2D eigenvalue weighted by molar-refractivity contribution is 5.45. The fourth-order valence-electron chi connectivity index (χ4n) is 2.62. The van der Waals surface area contributed by atoms with Crippen LogP contribution in [0.1, 0.15) is 35.8 Å². The topological polar surface area (TPSA) is 29.3 Å². The molecular formula is C13H17N3. The lowest BCUT2D eigenvalue weighted by molar-refractivity contribution is 0.617. The first-order valence-corrected chi connectivity index (χ1v) is 5.94. The van der Waals surface area contributed by atoms with Crippen molar-refractivity contribution in [2.45, 2.75) is 32.7 Å². The van der Waals surface area contributed by atoms with E-state index in [1.165, 1.54) is 24.1 Å². The highest BCUT2D eigenvalue weighted by atomic mass is 15.1. The van der Waals surface area contributed by atoms with E-state index >= 15 is 0 Å². The SMILES string of the molecule is Cc1ccc2nc(C)c(C3CCCN3)n2c1. The Bertz CT molecular complexity index is 521. The van der Waals surface area contributed by atoms with Crippen LogP contribution in [0.3, 0.4) is 0 Å². The van der Waals surface area contributed by atoms with Crippen LogP contribution in [0.25, 0.3) is 5.65 Å². The molecular weight excluding hydrogens is 198 g/mol. The fraction of sp³-hybridized carbons (Fsp3) is 0.462. The molecule has 2 aromatic heterocycles. The number of nitrogens with one attached hydrogen (secondary N) is 1. The van der Waals surface area contributed by atoms with Crippen molar-refractivity contribution in [3.63, 3.8) is 0 Å². The standard InChI is InChI=1S/C13H17N3/c1-9-5-6-12-15-10(2)13(16(12)8-9)11-4-3-7-14-11/h5-6,8,11,14H,3-4,7H2,1-2H3. The highest BCUT2D eigenvalue weighted by Crippen LogP contribution is 2.26. The molecule has 0 aromatic carbocycles. The first-order valence-electron chi connectivity index (χ1n) is 5.94. The molecule has 0 spiro atoms. The van der Waals surface area contributed by atoms with Crippen LogP contribution in [0.5, 0.6) is 0 Å². The number of rotatable bonds is 1. The summed E-state index contributed by atoms with van der Waals surface area (Å²) >= 11 is 0. The molecule has 2 aromatic rings. The van der Waals surface area contributed by atoms with Crippen molar-refractivity contribution in [1.82, 2.24) is 14.7 Å². The van der Waals surface area contributed by atoms with Crippen LogP contribution in [-0.2, 0) is 0 Å². The van der Waals surface area contributed by atoms with Crippen LogP contribution < -0.4 is 5.32 Å². The number of pyridine rings is 1. The van der Waals surface area contributed by atoms with Gasteiger partial charge in [0.05, 0.1) is 11.4 Å². The molecule has 16 heavy (non-hydrogen) atoms. The Morgan fingerprint density at radius 3 is 3.00 bits per heavy atom. The lowest BCUT2D eigenvalue weighted by Crippen LogP contribution is -2.15. The summed E-state index contributed by atoms with van der Waals surface area (Å²) in [5, 5.41) is 3.55. The molecule has 1 aliphatic heterocycles. The molecule has 0 aliphatic carbocycles. The molecule has 84 valence electrons. The predicted octanol–water partition coefficient (Wildman–Crippen LogP) is 2.38. The highest BCUT2D eigenvalue weighted by Gasteiger charge is 2.22. The van der Waals surface area contributed by atoms with E-state index in [0.717, 1.165) is 17.9 Å². The second kappa shape index (κ2) is 3.59. The van der Waals surface area contributed by atoms with E-state index in [4.69, 9.17) is 0 Å². The Morgan fingerprint density at radius 1 is 1.38 bits per heavy atom. The molecule has 1 unspecified atom stereocenters. The summed E-state index contributed by atoms with van der Waals surface area (Å²) in [6, 6.07) is 4.70. The first kappa shape index (κ1) is 9.85. The Morgan fingerprint density at radius 2 is 2.25 bits per heavy atom. The Hall–Kier alpha value is -1.35. The average Bonchev–Trinajstić information content (AvgIpc) is 2.83. The van der Waals surface area contributed by atoms with Gasteiger partial charge in [0.1, 0.15) is 5.65 Å². The van der Waals surface area contributed by atoms with Gasteiger partial charge in [0, 0.05) is 12.2 Å². The summed E-state index contributed by atoms with van der Waals surface area (Å²) in [6.45, 7) is 5.36. The third kappa shape index (κ3) is 1.43. The molecule has 3 heteroatoms. The number of imidazole rings is 1. The van der Waals surface area contributed by atoms with Crippen LogP contribution in [-0.4, -0.2) is 15.9 Å². The molecule has 1 fully saturated rings. The molecule has 1 saturated heterocycles. The van der Waals surface area contributed by atoms with Gasteiger partial charge in [-0.2, -0.15) is 0 Å². The summed E-state index contributed by atoms with van der Waals surface area (Å²) in [4.78, 5) is 4.62. The lowest BCUT2D eigenvalue weighted by atomic mass is 10.1. The van der Waals surface area contributed by atoms with E-state index in [9.17, 15) is 0 Å². The Balaban J connectivity index is 2.20. The number of hydrogen-bond donors (Lipinski definition) is 1. The molecule has 1 atom stereocenters. The number of nitrogens with zero attached hydrogens (tertiary/aromatic N) is 2. The summed E-state index contributed by atoms with van der Waals surface area (Å²) in [5.41, 5.74) is 4.84. The van der Waals surface area contributed by atoms with Crippen molar-refractivity contribution in [3.8, 4) is 0 Å². The van der Waals surface area contributed by atoms with Gasteiger partial charge in [0.25, 0.3) is 0 Å². The fourth-order valence-corrected chi connectivity index (χ4v) is 2.62. The maximum absolute atomic E-state index is 4.62. The minimum absolute atomic E-state index is 0.483. The number of aromatic nitrogens is 2. The van der Waals surface area contributed by atoms with Gasteiger partial charge < -0.3 is 9.72 Å². The first-order chi connectivity index (χ1) is 7.75. The second-order valence-corrected chi connectivity index (χ2v) is 4.67. The molecule has 3 heterocycles. The van der Waals surface area contributed by atoms with E-state index in [2.05, 4.69) is 46.9 Å². The summed E-state index contributed by atoms with van der Waals surface area (Å²) in [7, 11) is 0. The van der Waals surface area contributed by atoms with Crippen molar-refractivity contribution >= 4 is 5.65 Å². The number of hydrogen-bond acceptors (Lipinski definition) is 2. The van der Waals surface area contributed by atoms with Crippen molar-refractivity contribution < 1.29 is 0 Å². The Labute approximate surface area is 95.5 Å². The van der Waals surface area contributed by atoms with Crippen molar-refractivity contribution in [3.05, 3.63) is 35.3 Å². The van der Waals surface area contributed by atoms with E-state index in [1.54, 1.807) is 0 Å². The minimum Gasteiger partial charge on any atom is -0.309 e. The van der Waals surface area contributed by atoms with E-state index in [1.807, 2.05) is 0 Å². The summed E-state index contributed by atoms with van der Waals surface area (Å²) < 4.78 is 2.24. The maximum atomic E-state index is 4.62. The normalized spacial score (nSPS) is 20.8. The van der Waals surface area contributed by atoms with Crippen molar-refractivity contribution in [2.24, 2.45) is 0 Å². The number of aryl methyl sites for hydroxylation is 2. The monoisotopic (exact) mass is 215 g/mol. The molecule has 1 aliphatic rings. The largest absolute Gasteiger partial charge is 0.309 e. The molecule has 0 radical (unpaired) electrons. The second-order valence-electron chi connectivity index (χ2n) is 4.67. The summed E-state index contributed by atoms with van der Waals surface area (Å²) in [5.74, 6) is 0. The van der Waals surface area contributed by atoms with Crippen LogP contribution in [0, 0.1) is 13.8 Å². The third-order valence-corrected chi connectivity index (χ3v) is 3.38. The lowest BCUT2D eigenvalue weighted by Gasteiger charge is -2.11. The third-order valence-electron chi connectivity index (χ3n) is 3.38. The zero-order valence-electron chi connectivity index (χ0n) is 9.83. The quantitative estimate of drug-likeness (QED) is 0.791. The van der Waals surface area contributed by atoms with Gasteiger partial charge in [-0.15, -0.1) is 0 Å². The summed E-state index contributed by atoms with van der Waals surface area (Å²) in [6.07, 6.45) is 4.68. The Kier molecular flexibility index (Phi) is 2.21. The molecule has 3 nitrogen and oxygen atoms in total. The zero-order chi connectivity index (χ0) is 11.1.